The van der Waals surface area contributed by atoms with Crippen molar-refractivity contribution in [3.63, 3.8) is 0 Å². The molecule has 0 heterocycles. The van der Waals surface area contributed by atoms with E-state index in [1.165, 1.54) is 30.3 Å². The van der Waals surface area contributed by atoms with Crippen molar-refractivity contribution in [2.75, 3.05) is 5.32 Å². The minimum Gasteiger partial charge on any atom is -0.320 e. The van der Waals surface area contributed by atoms with Gasteiger partial charge in [0.15, 0.2) is 0 Å². The van der Waals surface area contributed by atoms with Crippen molar-refractivity contribution in [3.05, 3.63) is 75.6 Å². The van der Waals surface area contributed by atoms with Crippen LogP contribution in [-0.4, -0.2) is 10.8 Å². The van der Waals surface area contributed by atoms with Crippen LogP contribution in [-0.2, 0) is 4.79 Å². The van der Waals surface area contributed by atoms with Gasteiger partial charge in [0.25, 0.3) is 0 Å². The Kier molecular flexibility index (Phi) is 4.75. The van der Waals surface area contributed by atoms with Crippen molar-refractivity contribution in [1.29, 1.82) is 0 Å². The van der Waals surface area contributed by atoms with Crippen LogP contribution in [0.5, 0.6) is 0 Å². The van der Waals surface area contributed by atoms with Crippen LogP contribution in [0.15, 0.2) is 42.5 Å². The fourth-order valence-electron chi connectivity index (χ4n) is 1.69. The van der Waals surface area contributed by atoms with E-state index in [1.807, 2.05) is 0 Å². The molecule has 5 nitrogen and oxygen atoms in total. The summed E-state index contributed by atoms with van der Waals surface area (Å²) in [5.41, 5.74) is -0.955. The van der Waals surface area contributed by atoms with Gasteiger partial charge in [0.05, 0.1) is 10.6 Å². The number of hydrogen-bond acceptors (Lipinski definition) is 3. The summed E-state index contributed by atoms with van der Waals surface area (Å²) < 4.78 is 39.4. The standard InChI is InChI=1S/C15H9F3N2O3/c16-10-4-1-9(2-5-10)3-6-15(21)19-13-8-14(20(22)23)12(18)7-11(13)17/h1-8H,(H,19,21). The first kappa shape index (κ1) is 16.2. The van der Waals surface area contributed by atoms with Crippen LogP contribution >= 0.6 is 0 Å². The van der Waals surface area contributed by atoms with Gasteiger partial charge in [-0.15, -0.1) is 0 Å². The van der Waals surface area contributed by atoms with Gasteiger partial charge < -0.3 is 5.32 Å². The van der Waals surface area contributed by atoms with Gasteiger partial charge in [-0.3, -0.25) is 14.9 Å². The monoisotopic (exact) mass is 322 g/mol. The summed E-state index contributed by atoms with van der Waals surface area (Å²) in [5.74, 6) is -3.70. The van der Waals surface area contributed by atoms with Crippen molar-refractivity contribution < 1.29 is 22.9 Å². The molecule has 0 fully saturated rings. The van der Waals surface area contributed by atoms with Crippen LogP contribution < -0.4 is 5.32 Å². The zero-order chi connectivity index (χ0) is 17.0. The number of amides is 1. The number of nitrogens with one attached hydrogen (secondary N) is 1. The molecule has 0 aliphatic carbocycles. The Labute approximate surface area is 128 Å². The number of benzene rings is 2. The lowest BCUT2D eigenvalue weighted by molar-refractivity contribution is -0.387. The fourth-order valence-corrected chi connectivity index (χ4v) is 1.69. The van der Waals surface area contributed by atoms with Crippen molar-refractivity contribution in [1.82, 2.24) is 0 Å². The highest BCUT2D eigenvalue weighted by molar-refractivity contribution is 6.02. The first-order chi connectivity index (χ1) is 10.9. The van der Waals surface area contributed by atoms with Crippen LogP contribution in [0.2, 0.25) is 0 Å². The lowest BCUT2D eigenvalue weighted by atomic mass is 10.2. The van der Waals surface area contributed by atoms with E-state index in [0.717, 1.165) is 6.08 Å². The topological polar surface area (TPSA) is 72.2 Å². The maximum Gasteiger partial charge on any atom is 0.307 e. The highest BCUT2D eigenvalue weighted by atomic mass is 19.1. The molecule has 0 saturated heterocycles. The van der Waals surface area contributed by atoms with Crippen LogP contribution in [0.25, 0.3) is 6.08 Å². The molecule has 0 atom stereocenters. The van der Waals surface area contributed by atoms with Crippen molar-refractivity contribution in [2.24, 2.45) is 0 Å². The molecular weight excluding hydrogens is 313 g/mol. The van der Waals surface area contributed by atoms with E-state index < -0.39 is 39.7 Å². The van der Waals surface area contributed by atoms with E-state index in [-0.39, 0.29) is 0 Å². The molecule has 0 aliphatic rings. The van der Waals surface area contributed by atoms with Gasteiger partial charge in [0.2, 0.25) is 11.7 Å². The number of rotatable bonds is 4. The first-order valence-corrected chi connectivity index (χ1v) is 6.25. The van der Waals surface area contributed by atoms with Crippen molar-refractivity contribution in [2.45, 2.75) is 0 Å². The van der Waals surface area contributed by atoms with E-state index >= 15 is 0 Å². The van der Waals surface area contributed by atoms with E-state index in [4.69, 9.17) is 0 Å². The third-order valence-electron chi connectivity index (χ3n) is 2.79. The van der Waals surface area contributed by atoms with E-state index in [9.17, 15) is 28.1 Å². The number of carbonyl (C=O) groups is 1. The molecule has 0 aliphatic heterocycles. The fraction of sp³-hybridized carbons (Fsp3) is 0. The van der Waals surface area contributed by atoms with Crippen molar-refractivity contribution >= 4 is 23.4 Å². The maximum atomic E-state index is 13.5. The Bertz CT molecular complexity index is 789. The number of anilines is 1. The molecule has 0 spiro atoms. The SMILES string of the molecule is O=C(C=Cc1ccc(F)cc1)Nc1cc([N+](=O)[O-])c(F)cc1F. The molecule has 1 N–H and O–H groups in total. The van der Waals surface area contributed by atoms with Gasteiger partial charge >= 0.3 is 5.69 Å². The zero-order valence-corrected chi connectivity index (χ0v) is 11.4. The van der Waals surface area contributed by atoms with E-state index in [1.54, 1.807) is 0 Å². The molecule has 0 unspecified atom stereocenters. The predicted octanol–water partition coefficient (Wildman–Crippen LogP) is 3.66. The van der Waals surface area contributed by atoms with Crippen LogP contribution in [0.3, 0.4) is 0 Å². The molecule has 2 aromatic carbocycles. The Hall–Kier alpha value is -3.16. The van der Waals surface area contributed by atoms with Gasteiger partial charge in [-0.25, -0.2) is 8.78 Å². The Morgan fingerprint density at radius 1 is 1.09 bits per heavy atom. The van der Waals surface area contributed by atoms with E-state index in [0.29, 0.717) is 17.7 Å². The van der Waals surface area contributed by atoms with Gasteiger partial charge in [0, 0.05) is 18.2 Å². The number of nitro groups is 1. The third kappa shape index (κ3) is 4.16. The second-order valence-electron chi connectivity index (χ2n) is 4.41. The highest BCUT2D eigenvalue weighted by Gasteiger charge is 2.19. The minimum absolute atomic E-state index is 0.317. The van der Waals surface area contributed by atoms with Gasteiger partial charge in [0.1, 0.15) is 11.6 Å². The number of nitro benzene ring substituents is 1. The smallest absolute Gasteiger partial charge is 0.307 e. The average Bonchev–Trinajstić information content (AvgIpc) is 2.49. The molecule has 0 radical (unpaired) electrons. The highest BCUT2D eigenvalue weighted by Crippen LogP contribution is 2.25. The normalized spacial score (nSPS) is 10.7. The summed E-state index contributed by atoms with van der Waals surface area (Å²) in [5, 5.41) is 12.7. The summed E-state index contributed by atoms with van der Waals surface area (Å²) in [6, 6.07) is 6.14. The summed E-state index contributed by atoms with van der Waals surface area (Å²) in [7, 11) is 0. The molecule has 8 heteroatoms. The lowest BCUT2D eigenvalue weighted by Crippen LogP contribution is -2.10. The third-order valence-corrected chi connectivity index (χ3v) is 2.79. The number of nitrogens with zero attached hydrogens (tertiary/aromatic N) is 1. The molecule has 0 bridgehead atoms. The molecule has 23 heavy (non-hydrogen) atoms. The molecule has 0 aromatic heterocycles. The summed E-state index contributed by atoms with van der Waals surface area (Å²) in [6.07, 6.45) is 2.37. The van der Waals surface area contributed by atoms with Gasteiger partial charge in [-0.1, -0.05) is 12.1 Å². The molecule has 2 rings (SSSR count). The Morgan fingerprint density at radius 2 is 1.74 bits per heavy atom. The summed E-state index contributed by atoms with van der Waals surface area (Å²) in [4.78, 5) is 21.2. The van der Waals surface area contributed by atoms with E-state index in [2.05, 4.69) is 5.32 Å². The maximum absolute atomic E-state index is 13.5. The second kappa shape index (κ2) is 6.73. The van der Waals surface area contributed by atoms with Crippen LogP contribution in [0.1, 0.15) is 5.56 Å². The lowest BCUT2D eigenvalue weighted by Gasteiger charge is -2.04. The van der Waals surface area contributed by atoms with Gasteiger partial charge in [-0.2, -0.15) is 4.39 Å². The number of hydrogen-bond donors (Lipinski definition) is 1. The van der Waals surface area contributed by atoms with Gasteiger partial charge in [-0.05, 0) is 23.8 Å². The predicted molar refractivity (Wildman–Crippen MR) is 77.1 cm³/mol. The molecule has 118 valence electrons. The second-order valence-corrected chi connectivity index (χ2v) is 4.41. The Balaban J connectivity index is 2.15. The largest absolute Gasteiger partial charge is 0.320 e. The summed E-state index contributed by atoms with van der Waals surface area (Å²) >= 11 is 0. The van der Waals surface area contributed by atoms with Crippen LogP contribution in [0, 0.1) is 27.6 Å². The molecule has 0 saturated carbocycles. The Morgan fingerprint density at radius 3 is 2.35 bits per heavy atom. The summed E-state index contributed by atoms with van der Waals surface area (Å²) in [6.45, 7) is 0. The van der Waals surface area contributed by atoms with Crippen molar-refractivity contribution in [3.8, 4) is 0 Å². The molecular formula is C15H9F3N2O3. The average molecular weight is 322 g/mol. The molecule has 2 aromatic rings. The molecule has 1 amide bonds. The quantitative estimate of drug-likeness (QED) is 0.530. The number of carbonyl (C=O) groups excluding carboxylic acids is 1. The van der Waals surface area contributed by atoms with Crippen LogP contribution in [0.4, 0.5) is 24.5 Å². The zero-order valence-electron chi connectivity index (χ0n) is 11.4. The minimum atomic E-state index is -1.34. The number of halogens is 3. The first-order valence-electron chi connectivity index (χ1n) is 6.25.